The Hall–Kier alpha value is -3.86. The second-order valence-corrected chi connectivity index (χ2v) is 6.68. The van der Waals surface area contributed by atoms with Crippen molar-refractivity contribution in [1.82, 2.24) is 0 Å². The smallest absolute Gasteiger partial charge is 0.387 e. The molecule has 4 rings (SSSR count). The molecule has 3 aromatic carbocycles. The van der Waals surface area contributed by atoms with Crippen molar-refractivity contribution in [3.63, 3.8) is 0 Å². The van der Waals surface area contributed by atoms with E-state index in [0.29, 0.717) is 22.3 Å². The zero-order valence-electron chi connectivity index (χ0n) is 15.9. The van der Waals surface area contributed by atoms with Gasteiger partial charge in [-0.05, 0) is 41.5 Å². The fourth-order valence-corrected chi connectivity index (χ4v) is 3.29. The summed E-state index contributed by atoms with van der Waals surface area (Å²) in [7, 11) is 0. The van der Waals surface area contributed by atoms with Crippen LogP contribution < -0.4 is 4.74 Å². The Kier molecular flexibility index (Phi) is 5.58. The molecule has 0 aromatic heterocycles. The van der Waals surface area contributed by atoms with E-state index in [9.17, 15) is 17.6 Å². The maximum absolute atomic E-state index is 14.0. The number of ether oxygens (including phenoxy) is 2. The molecule has 1 heterocycles. The van der Waals surface area contributed by atoms with E-state index < -0.39 is 24.3 Å². The quantitative estimate of drug-likeness (QED) is 0.498. The molecule has 0 saturated carbocycles. The van der Waals surface area contributed by atoms with Gasteiger partial charge < -0.3 is 9.47 Å². The number of nitriles is 1. The summed E-state index contributed by atoms with van der Waals surface area (Å²) in [5.74, 6) is -1.89. The topological polar surface area (TPSA) is 54.6 Å². The van der Waals surface area contributed by atoms with Crippen molar-refractivity contribution in [3.8, 4) is 22.9 Å². The Balaban J connectivity index is 1.69. The molecular weight excluding hydrogens is 412 g/mol. The number of hydrogen-bond donors (Lipinski definition) is 0. The monoisotopic (exact) mass is 426 g/mol. The highest BCUT2D eigenvalue weighted by molar-refractivity contribution is 5.95. The molecule has 0 N–H and O–H groups in total. The standard InChI is InChI=1S/C23H14F4N2O2/c24-17-2-1-3-18(25)21(17)22-29-19(12-30-22)15-8-9-16(20(10-15)31-23(26)27)14-6-4-13(11-28)5-7-14/h1-10,19,23H,12H2. The molecule has 0 spiro atoms. The number of hydrogen-bond acceptors (Lipinski definition) is 4. The van der Waals surface area contributed by atoms with Gasteiger partial charge in [-0.2, -0.15) is 14.0 Å². The lowest BCUT2D eigenvalue weighted by atomic mass is 9.99. The molecule has 1 aliphatic heterocycles. The first-order chi connectivity index (χ1) is 15.0. The molecule has 1 atom stereocenters. The Morgan fingerprint density at radius 3 is 2.39 bits per heavy atom. The number of nitrogens with zero attached hydrogens (tertiary/aromatic N) is 2. The van der Waals surface area contributed by atoms with Crippen LogP contribution in [0.3, 0.4) is 0 Å². The van der Waals surface area contributed by atoms with Crippen LogP contribution in [0.2, 0.25) is 0 Å². The molecular formula is C23H14F4N2O2. The molecule has 8 heteroatoms. The molecule has 31 heavy (non-hydrogen) atoms. The highest BCUT2D eigenvalue weighted by Crippen LogP contribution is 2.36. The van der Waals surface area contributed by atoms with Gasteiger partial charge in [-0.1, -0.05) is 30.3 Å². The minimum absolute atomic E-state index is 0.00651. The highest BCUT2D eigenvalue weighted by atomic mass is 19.3. The van der Waals surface area contributed by atoms with Crippen LogP contribution in [0, 0.1) is 23.0 Å². The van der Waals surface area contributed by atoms with E-state index in [-0.39, 0.29) is 23.8 Å². The molecule has 4 nitrogen and oxygen atoms in total. The average molecular weight is 426 g/mol. The largest absolute Gasteiger partial charge is 0.475 e. The summed E-state index contributed by atoms with van der Waals surface area (Å²) in [6.07, 6.45) is 0. The average Bonchev–Trinajstić information content (AvgIpc) is 3.23. The van der Waals surface area contributed by atoms with Crippen LogP contribution in [-0.2, 0) is 4.74 Å². The van der Waals surface area contributed by atoms with E-state index in [1.807, 2.05) is 6.07 Å². The Morgan fingerprint density at radius 1 is 1.03 bits per heavy atom. The minimum atomic E-state index is -3.06. The summed E-state index contributed by atoms with van der Waals surface area (Å²) < 4.78 is 64.1. The molecule has 3 aromatic rings. The van der Waals surface area contributed by atoms with E-state index in [2.05, 4.69) is 4.99 Å². The van der Waals surface area contributed by atoms with E-state index in [4.69, 9.17) is 14.7 Å². The van der Waals surface area contributed by atoms with Crippen molar-refractivity contribution in [2.45, 2.75) is 12.7 Å². The number of alkyl halides is 2. The normalized spacial score (nSPS) is 15.4. The first-order valence-electron chi connectivity index (χ1n) is 9.20. The summed E-state index contributed by atoms with van der Waals surface area (Å²) in [5.41, 5.74) is 1.53. The Morgan fingerprint density at radius 2 is 1.74 bits per heavy atom. The maximum Gasteiger partial charge on any atom is 0.387 e. The van der Waals surface area contributed by atoms with E-state index >= 15 is 0 Å². The predicted molar refractivity (Wildman–Crippen MR) is 105 cm³/mol. The van der Waals surface area contributed by atoms with Gasteiger partial charge in [0.1, 0.15) is 35.6 Å². The van der Waals surface area contributed by atoms with Crippen molar-refractivity contribution in [1.29, 1.82) is 5.26 Å². The van der Waals surface area contributed by atoms with E-state index in [1.165, 1.54) is 12.1 Å². The second-order valence-electron chi connectivity index (χ2n) is 6.68. The van der Waals surface area contributed by atoms with Gasteiger partial charge in [-0.15, -0.1) is 0 Å². The van der Waals surface area contributed by atoms with Crippen molar-refractivity contribution in [2.75, 3.05) is 6.61 Å². The van der Waals surface area contributed by atoms with Crippen LogP contribution >= 0.6 is 0 Å². The molecule has 156 valence electrons. The van der Waals surface area contributed by atoms with Crippen LogP contribution in [0.4, 0.5) is 17.6 Å². The third-order valence-electron chi connectivity index (χ3n) is 4.76. The third kappa shape index (κ3) is 4.21. The van der Waals surface area contributed by atoms with Crippen molar-refractivity contribution in [2.24, 2.45) is 4.99 Å². The third-order valence-corrected chi connectivity index (χ3v) is 4.76. The molecule has 0 fully saturated rings. The van der Waals surface area contributed by atoms with Gasteiger partial charge in [0.15, 0.2) is 0 Å². The summed E-state index contributed by atoms with van der Waals surface area (Å²) in [4.78, 5) is 4.23. The second kappa shape index (κ2) is 8.48. The number of halogens is 4. The molecule has 1 aliphatic rings. The van der Waals surface area contributed by atoms with E-state index in [1.54, 1.807) is 36.4 Å². The Bertz CT molecular complexity index is 1170. The minimum Gasteiger partial charge on any atom is -0.475 e. The molecule has 0 radical (unpaired) electrons. The Labute approximate surface area is 175 Å². The van der Waals surface area contributed by atoms with Gasteiger partial charge in [-0.25, -0.2) is 13.8 Å². The summed E-state index contributed by atoms with van der Waals surface area (Å²) in [5, 5.41) is 8.92. The number of benzene rings is 3. The fourth-order valence-electron chi connectivity index (χ4n) is 3.29. The number of rotatable bonds is 5. The summed E-state index contributed by atoms with van der Waals surface area (Å²) in [6, 6.07) is 15.8. The van der Waals surface area contributed by atoms with Crippen molar-refractivity contribution < 1.29 is 27.0 Å². The summed E-state index contributed by atoms with van der Waals surface area (Å²) >= 11 is 0. The predicted octanol–water partition coefficient (Wildman–Crippen LogP) is 5.62. The van der Waals surface area contributed by atoms with Crippen LogP contribution in [-0.4, -0.2) is 19.1 Å². The molecule has 0 aliphatic carbocycles. The zero-order valence-corrected chi connectivity index (χ0v) is 15.9. The van der Waals surface area contributed by atoms with Gasteiger partial charge in [-0.3, -0.25) is 0 Å². The van der Waals surface area contributed by atoms with Gasteiger partial charge in [0.25, 0.3) is 0 Å². The first kappa shape index (κ1) is 20.4. The number of aliphatic imine (C=N–C) groups is 1. The van der Waals surface area contributed by atoms with Gasteiger partial charge in [0, 0.05) is 5.56 Å². The SMILES string of the molecule is N#Cc1ccc(-c2ccc(C3COC(c4c(F)cccc4F)=N3)cc2OC(F)F)cc1. The van der Waals surface area contributed by atoms with Crippen molar-refractivity contribution >= 4 is 5.90 Å². The maximum atomic E-state index is 14.0. The molecule has 0 bridgehead atoms. The van der Waals surface area contributed by atoms with Gasteiger partial charge >= 0.3 is 6.61 Å². The molecule has 1 unspecified atom stereocenters. The van der Waals surface area contributed by atoms with Crippen LogP contribution in [0.15, 0.2) is 65.7 Å². The fraction of sp³-hybridized carbons (Fsp3) is 0.130. The van der Waals surface area contributed by atoms with Crippen molar-refractivity contribution in [3.05, 3.63) is 89.0 Å². The lowest BCUT2D eigenvalue weighted by molar-refractivity contribution is -0.0495. The van der Waals surface area contributed by atoms with E-state index in [0.717, 1.165) is 12.1 Å². The first-order valence-corrected chi connectivity index (χ1v) is 9.20. The van der Waals surface area contributed by atoms with Gasteiger partial charge in [0.2, 0.25) is 5.90 Å². The zero-order chi connectivity index (χ0) is 22.0. The highest BCUT2D eigenvalue weighted by Gasteiger charge is 2.27. The molecule has 0 saturated heterocycles. The molecule has 0 amide bonds. The summed E-state index contributed by atoms with van der Waals surface area (Å²) in [6.45, 7) is -3.06. The lowest BCUT2D eigenvalue weighted by Crippen LogP contribution is -2.07. The van der Waals surface area contributed by atoms with Crippen LogP contribution in [0.1, 0.15) is 22.7 Å². The van der Waals surface area contributed by atoms with Crippen LogP contribution in [0.5, 0.6) is 5.75 Å². The van der Waals surface area contributed by atoms with Crippen LogP contribution in [0.25, 0.3) is 11.1 Å². The van der Waals surface area contributed by atoms with Gasteiger partial charge in [0.05, 0.1) is 11.6 Å². The lowest BCUT2D eigenvalue weighted by Gasteiger charge is -2.14.